The molecule has 5 nitrogen and oxygen atoms in total. The fourth-order valence-corrected chi connectivity index (χ4v) is 2.07. The number of carbonyl (C=O) groups excluding carboxylic acids is 1. The van der Waals surface area contributed by atoms with E-state index < -0.39 is 0 Å². The largest absolute Gasteiger partial charge is 0.381 e. The molecule has 0 fully saturated rings. The maximum absolute atomic E-state index is 11.4. The zero-order chi connectivity index (χ0) is 18.0. The van der Waals surface area contributed by atoms with Crippen molar-refractivity contribution in [3.05, 3.63) is 0 Å². The summed E-state index contributed by atoms with van der Waals surface area (Å²) < 4.78 is 16.5. The molecule has 0 bridgehead atoms. The molecule has 0 aliphatic heterocycles. The zero-order valence-electron chi connectivity index (χ0n) is 16.3. The van der Waals surface area contributed by atoms with Crippen LogP contribution in [0.3, 0.4) is 0 Å². The number of hydrogen-bond acceptors (Lipinski definition) is 5. The number of ketones is 1. The molecule has 0 amide bonds. The molecule has 1 N–H and O–H groups in total. The molecule has 0 aromatic carbocycles. The van der Waals surface area contributed by atoms with Gasteiger partial charge < -0.3 is 19.5 Å². The van der Waals surface area contributed by atoms with Crippen LogP contribution in [-0.4, -0.2) is 58.0 Å². The first-order chi connectivity index (χ1) is 11.5. The van der Waals surface area contributed by atoms with Crippen molar-refractivity contribution in [3.63, 3.8) is 0 Å². The molecule has 5 heteroatoms. The maximum Gasteiger partial charge on any atom is 0.135 e. The first-order valence-electron chi connectivity index (χ1n) is 9.53. The Labute approximate surface area is 148 Å². The monoisotopic (exact) mass is 345 g/mol. The van der Waals surface area contributed by atoms with Crippen LogP contribution in [-0.2, 0) is 19.0 Å². The average Bonchev–Trinajstić information content (AvgIpc) is 2.53. The molecule has 144 valence electrons. The Morgan fingerprint density at radius 3 is 1.88 bits per heavy atom. The summed E-state index contributed by atoms with van der Waals surface area (Å²) >= 11 is 0. The standard InChI is InChI=1S/C19H39NO4/c1-17(2)19(21)9-8-13-22-11-6-5-7-12-23-15-16-24-14-10-20-18(3)4/h17-18,20H,5-16H2,1-4H3. The first kappa shape index (κ1) is 23.5. The Kier molecular flexibility index (Phi) is 17.0. The van der Waals surface area contributed by atoms with Crippen LogP contribution in [0, 0.1) is 5.92 Å². The summed E-state index contributed by atoms with van der Waals surface area (Å²) in [6.45, 7) is 13.4. The van der Waals surface area contributed by atoms with E-state index in [-0.39, 0.29) is 5.92 Å². The molecule has 0 aliphatic rings. The van der Waals surface area contributed by atoms with Crippen LogP contribution in [0.1, 0.15) is 59.8 Å². The van der Waals surface area contributed by atoms with Crippen molar-refractivity contribution in [2.45, 2.75) is 65.8 Å². The van der Waals surface area contributed by atoms with Crippen LogP contribution in [0.5, 0.6) is 0 Å². The summed E-state index contributed by atoms with van der Waals surface area (Å²) in [5.41, 5.74) is 0. The molecule has 24 heavy (non-hydrogen) atoms. The van der Waals surface area contributed by atoms with Gasteiger partial charge in [-0.1, -0.05) is 27.7 Å². The van der Waals surface area contributed by atoms with Crippen LogP contribution in [0.2, 0.25) is 0 Å². The van der Waals surface area contributed by atoms with Gasteiger partial charge in [0.15, 0.2) is 0 Å². The van der Waals surface area contributed by atoms with E-state index in [1.165, 1.54) is 0 Å². The Morgan fingerprint density at radius 1 is 0.750 bits per heavy atom. The predicted octanol–water partition coefficient (Wildman–Crippen LogP) is 3.21. The molecule has 0 saturated carbocycles. The van der Waals surface area contributed by atoms with Crippen LogP contribution in [0.15, 0.2) is 0 Å². The normalized spacial score (nSPS) is 11.6. The van der Waals surface area contributed by atoms with Gasteiger partial charge in [-0.2, -0.15) is 0 Å². The summed E-state index contributed by atoms with van der Waals surface area (Å²) in [4.78, 5) is 11.4. The molecule has 0 saturated heterocycles. The Morgan fingerprint density at radius 2 is 1.29 bits per heavy atom. The highest BCUT2D eigenvalue weighted by molar-refractivity contribution is 5.80. The van der Waals surface area contributed by atoms with Gasteiger partial charge in [0.1, 0.15) is 5.78 Å². The van der Waals surface area contributed by atoms with Crippen molar-refractivity contribution < 1.29 is 19.0 Å². The van der Waals surface area contributed by atoms with Crippen molar-refractivity contribution >= 4 is 5.78 Å². The van der Waals surface area contributed by atoms with E-state index in [4.69, 9.17) is 14.2 Å². The molecule has 0 unspecified atom stereocenters. The molecular formula is C19H39NO4. The van der Waals surface area contributed by atoms with E-state index in [1.54, 1.807) is 0 Å². The lowest BCUT2D eigenvalue weighted by molar-refractivity contribution is -0.122. The average molecular weight is 346 g/mol. The molecular weight excluding hydrogens is 306 g/mol. The quantitative estimate of drug-likeness (QED) is 0.387. The van der Waals surface area contributed by atoms with Gasteiger partial charge >= 0.3 is 0 Å². The molecule has 0 aromatic heterocycles. The third-order valence-corrected chi connectivity index (χ3v) is 3.60. The van der Waals surface area contributed by atoms with E-state index in [2.05, 4.69) is 19.2 Å². The molecule has 0 heterocycles. The van der Waals surface area contributed by atoms with E-state index in [0.717, 1.165) is 52.0 Å². The molecule has 0 aromatic rings. The third kappa shape index (κ3) is 17.9. The number of ether oxygens (including phenoxy) is 3. The highest BCUT2D eigenvalue weighted by atomic mass is 16.5. The van der Waals surface area contributed by atoms with Gasteiger partial charge in [-0.15, -0.1) is 0 Å². The number of hydrogen-bond donors (Lipinski definition) is 1. The first-order valence-corrected chi connectivity index (χ1v) is 9.53. The molecule has 0 radical (unpaired) electrons. The highest BCUT2D eigenvalue weighted by Gasteiger charge is 2.05. The molecule has 0 aliphatic carbocycles. The van der Waals surface area contributed by atoms with Gasteiger partial charge in [0, 0.05) is 44.7 Å². The van der Waals surface area contributed by atoms with E-state index in [0.29, 0.717) is 38.1 Å². The minimum atomic E-state index is 0.145. The second kappa shape index (κ2) is 17.3. The van der Waals surface area contributed by atoms with Crippen LogP contribution < -0.4 is 5.32 Å². The van der Waals surface area contributed by atoms with Gasteiger partial charge in [0.25, 0.3) is 0 Å². The van der Waals surface area contributed by atoms with Gasteiger partial charge in [0.2, 0.25) is 0 Å². The second-order valence-electron chi connectivity index (χ2n) is 6.73. The lowest BCUT2D eigenvalue weighted by Gasteiger charge is -2.09. The highest BCUT2D eigenvalue weighted by Crippen LogP contribution is 2.03. The number of unbranched alkanes of at least 4 members (excludes halogenated alkanes) is 2. The lowest BCUT2D eigenvalue weighted by atomic mass is 10.1. The molecule has 0 rings (SSSR count). The number of nitrogens with one attached hydrogen (secondary N) is 1. The second-order valence-corrected chi connectivity index (χ2v) is 6.73. The van der Waals surface area contributed by atoms with Crippen molar-refractivity contribution in [1.29, 1.82) is 0 Å². The fourth-order valence-electron chi connectivity index (χ4n) is 2.07. The minimum Gasteiger partial charge on any atom is -0.381 e. The predicted molar refractivity (Wildman–Crippen MR) is 98.5 cm³/mol. The van der Waals surface area contributed by atoms with Crippen molar-refractivity contribution in [1.82, 2.24) is 5.32 Å². The Balaban J connectivity index is 3.06. The topological polar surface area (TPSA) is 56.8 Å². The van der Waals surface area contributed by atoms with Crippen molar-refractivity contribution in [3.8, 4) is 0 Å². The lowest BCUT2D eigenvalue weighted by Crippen LogP contribution is -2.27. The summed E-state index contributed by atoms with van der Waals surface area (Å²) in [6, 6.07) is 0.511. The number of Topliss-reactive ketones (excluding diaryl/α,β-unsaturated/α-hetero) is 1. The van der Waals surface area contributed by atoms with Gasteiger partial charge in [-0.25, -0.2) is 0 Å². The van der Waals surface area contributed by atoms with Gasteiger partial charge in [0.05, 0.1) is 19.8 Å². The van der Waals surface area contributed by atoms with E-state index in [1.807, 2.05) is 13.8 Å². The number of carbonyl (C=O) groups is 1. The fraction of sp³-hybridized carbons (Fsp3) is 0.947. The van der Waals surface area contributed by atoms with Gasteiger partial charge in [-0.05, 0) is 25.7 Å². The van der Waals surface area contributed by atoms with Crippen LogP contribution in [0.25, 0.3) is 0 Å². The molecule has 0 spiro atoms. The van der Waals surface area contributed by atoms with E-state index in [9.17, 15) is 4.79 Å². The third-order valence-electron chi connectivity index (χ3n) is 3.60. The summed E-state index contributed by atoms with van der Waals surface area (Å²) in [7, 11) is 0. The summed E-state index contributed by atoms with van der Waals surface area (Å²) in [6.07, 6.45) is 4.71. The summed E-state index contributed by atoms with van der Waals surface area (Å²) in [5, 5.41) is 3.30. The van der Waals surface area contributed by atoms with Crippen LogP contribution in [0.4, 0.5) is 0 Å². The van der Waals surface area contributed by atoms with Crippen LogP contribution >= 0.6 is 0 Å². The Bertz CT molecular complexity index is 283. The zero-order valence-corrected chi connectivity index (χ0v) is 16.3. The van der Waals surface area contributed by atoms with E-state index >= 15 is 0 Å². The molecule has 0 atom stereocenters. The van der Waals surface area contributed by atoms with Crippen molar-refractivity contribution in [2.75, 3.05) is 46.2 Å². The van der Waals surface area contributed by atoms with Crippen molar-refractivity contribution in [2.24, 2.45) is 5.92 Å². The minimum absolute atomic E-state index is 0.145. The SMILES string of the molecule is CC(C)NCCOCCOCCCCCOCCCC(=O)C(C)C. The summed E-state index contributed by atoms with van der Waals surface area (Å²) in [5.74, 6) is 0.475. The number of rotatable bonds is 18. The maximum atomic E-state index is 11.4. The smallest absolute Gasteiger partial charge is 0.135 e. The van der Waals surface area contributed by atoms with Gasteiger partial charge in [-0.3, -0.25) is 4.79 Å². The Hall–Kier alpha value is -0.490.